The number of nitrogens with one attached hydrogen (secondary N) is 1. The minimum absolute atomic E-state index is 0.0601. The van der Waals surface area contributed by atoms with Crippen LogP contribution in [0, 0.1) is 0 Å². The van der Waals surface area contributed by atoms with Gasteiger partial charge in [-0.25, -0.2) is 0 Å². The Balaban J connectivity index is 1.54. The third kappa shape index (κ3) is 5.02. The minimum atomic E-state index is -0.0601. The van der Waals surface area contributed by atoms with Crippen molar-refractivity contribution in [2.75, 3.05) is 13.1 Å². The Morgan fingerprint density at radius 2 is 1.46 bits per heavy atom. The summed E-state index contributed by atoms with van der Waals surface area (Å²) in [5, 5.41) is 3.09. The van der Waals surface area contributed by atoms with Crippen molar-refractivity contribution in [3.05, 3.63) is 69.7 Å². The molecule has 4 nitrogen and oxygen atoms in total. The molecule has 1 fully saturated rings. The number of hydrogen-bond donors (Lipinski definition) is 1. The summed E-state index contributed by atoms with van der Waals surface area (Å²) in [4.78, 5) is 27.0. The summed E-state index contributed by atoms with van der Waals surface area (Å²) in [6.07, 6.45) is 1.54. The van der Waals surface area contributed by atoms with Gasteiger partial charge in [0, 0.05) is 34.7 Å². The van der Waals surface area contributed by atoms with Gasteiger partial charge >= 0.3 is 0 Å². The molecule has 0 atom stereocenters. The van der Waals surface area contributed by atoms with Crippen molar-refractivity contribution in [3.8, 4) is 0 Å². The van der Waals surface area contributed by atoms with Gasteiger partial charge in [0.15, 0.2) is 0 Å². The molecule has 0 unspecified atom stereocenters. The van der Waals surface area contributed by atoms with E-state index in [1.807, 2.05) is 41.3 Å². The van der Waals surface area contributed by atoms with Gasteiger partial charge in [-0.05, 0) is 60.2 Å². The quantitative estimate of drug-likeness (QED) is 0.742. The average Bonchev–Trinajstić information content (AvgIpc) is 2.68. The van der Waals surface area contributed by atoms with Crippen molar-refractivity contribution in [1.82, 2.24) is 10.2 Å². The second-order valence-electron chi connectivity index (χ2n) is 8.37. The molecule has 1 N–H and O–H groups in total. The molecule has 0 saturated carbocycles. The molecular formula is C23H27BrN2O2. The fourth-order valence-electron chi connectivity index (χ4n) is 3.39. The van der Waals surface area contributed by atoms with Crippen molar-refractivity contribution >= 4 is 27.7 Å². The molecule has 0 aliphatic carbocycles. The summed E-state index contributed by atoms with van der Waals surface area (Å²) >= 11 is 3.38. The maximum Gasteiger partial charge on any atom is 0.253 e. The maximum atomic E-state index is 12.8. The zero-order valence-corrected chi connectivity index (χ0v) is 18.3. The van der Waals surface area contributed by atoms with Crippen LogP contribution < -0.4 is 5.32 Å². The molecule has 3 rings (SSSR count). The van der Waals surface area contributed by atoms with Crippen LogP contribution in [0.2, 0.25) is 0 Å². The first-order chi connectivity index (χ1) is 13.2. The average molecular weight is 443 g/mol. The number of benzene rings is 2. The van der Waals surface area contributed by atoms with Gasteiger partial charge in [-0.3, -0.25) is 9.59 Å². The molecule has 1 heterocycles. The molecule has 0 spiro atoms. The van der Waals surface area contributed by atoms with E-state index in [0.29, 0.717) is 18.7 Å². The van der Waals surface area contributed by atoms with Crippen LogP contribution in [0.3, 0.4) is 0 Å². The van der Waals surface area contributed by atoms with E-state index in [1.54, 1.807) is 12.1 Å². The van der Waals surface area contributed by atoms with Gasteiger partial charge in [-0.2, -0.15) is 0 Å². The van der Waals surface area contributed by atoms with E-state index in [0.717, 1.165) is 22.9 Å². The molecule has 0 radical (unpaired) electrons. The first-order valence-electron chi connectivity index (χ1n) is 9.70. The topological polar surface area (TPSA) is 49.4 Å². The Labute approximate surface area is 175 Å². The second kappa shape index (κ2) is 8.48. The minimum Gasteiger partial charge on any atom is -0.349 e. The summed E-state index contributed by atoms with van der Waals surface area (Å²) in [6, 6.07) is 15.4. The fourth-order valence-corrected chi connectivity index (χ4v) is 3.66. The van der Waals surface area contributed by atoms with E-state index >= 15 is 0 Å². The van der Waals surface area contributed by atoms with Gasteiger partial charge in [-0.15, -0.1) is 0 Å². The van der Waals surface area contributed by atoms with Crippen LogP contribution in [0.4, 0.5) is 0 Å². The molecule has 1 aliphatic heterocycles. The van der Waals surface area contributed by atoms with E-state index in [2.05, 4.69) is 42.0 Å². The van der Waals surface area contributed by atoms with Crippen LogP contribution >= 0.6 is 15.9 Å². The number of carbonyl (C=O) groups is 2. The highest BCUT2D eigenvalue weighted by molar-refractivity contribution is 9.10. The number of hydrogen-bond acceptors (Lipinski definition) is 2. The molecule has 1 aliphatic rings. The van der Waals surface area contributed by atoms with E-state index in [1.165, 1.54) is 5.56 Å². The molecule has 0 bridgehead atoms. The van der Waals surface area contributed by atoms with E-state index in [-0.39, 0.29) is 23.3 Å². The summed E-state index contributed by atoms with van der Waals surface area (Å²) in [7, 11) is 0. The molecule has 148 valence electrons. The van der Waals surface area contributed by atoms with Crippen molar-refractivity contribution in [2.24, 2.45) is 0 Å². The largest absolute Gasteiger partial charge is 0.349 e. The maximum absolute atomic E-state index is 12.8. The SMILES string of the molecule is CC(C)(C)c1ccc(C(=O)N2CCC(NC(=O)c3ccc(Br)cc3)CC2)cc1. The highest BCUT2D eigenvalue weighted by Gasteiger charge is 2.25. The lowest BCUT2D eigenvalue weighted by Crippen LogP contribution is -2.46. The molecule has 2 aromatic carbocycles. The van der Waals surface area contributed by atoms with Crippen molar-refractivity contribution in [1.29, 1.82) is 0 Å². The first kappa shape index (κ1) is 20.6. The third-order valence-corrected chi connectivity index (χ3v) is 5.75. The third-order valence-electron chi connectivity index (χ3n) is 5.22. The fraction of sp³-hybridized carbons (Fsp3) is 0.391. The standard InChI is InChI=1S/C23H27BrN2O2/c1-23(2,3)18-8-4-17(5-9-18)22(28)26-14-12-20(13-15-26)25-21(27)16-6-10-19(24)11-7-16/h4-11,20H,12-15H2,1-3H3,(H,25,27). The highest BCUT2D eigenvalue weighted by Crippen LogP contribution is 2.23. The van der Waals surface area contributed by atoms with Gasteiger partial charge in [0.2, 0.25) is 0 Å². The monoisotopic (exact) mass is 442 g/mol. The van der Waals surface area contributed by atoms with Gasteiger partial charge < -0.3 is 10.2 Å². The van der Waals surface area contributed by atoms with Crippen LogP contribution in [-0.4, -0.2) is 35.8 Å². The molecule has 28 heavy (non-hydrogen) atoms. The summed E-state index contributed by atoms with van der Waals surface area (Å²) in [5.74, 6) is 0.00758. The van der Waals surface area contributed by atoms with Crippen LogP contribution in [-0.2, 0) is 5.41 Å². The number of piperidine rings is 1. The van der Waals surface area contributed by atoms with Gasteiger partial charge in [0.05, 0.1) is 0 Å². The molecule has 1 saturated heterocycles. The Bertz CT molecular complexity index is 830. The summed E-state index contributed by atoms with van der Waals surface area (Å²) < 4.78 is 0.950. The lowest BCUT2D eigenvalue weighted by Gasteiger charge is -2.32. The predicted octanol–water partition coefficient (Wildman–Crippen LogP) is 4.78. The number of carbonyl (C=O) groups excluding carboxylic acids is 2. The number of nitrogens with zero attached hydrogens (tertiary/aromatic N) is 1. The van der Waals surface area contributed by atoms with Crippen molar-refractivity contribution < 1.29 is 9.59 Å². The molecule has 5 heteroatoms. The van der Waals surface area contributed by atoms with Crippen LogP contribution in [0.15, 0.2) is 53.0 Å². The smallest absolute Gasteiger partial charge is 0.253 e. The first-order valence-corrected chi connectivity index (χ1v) is 10.5. The van der Waals surface area contributed by atoms with Crippen LogP contribution in [0.25, 0.3) is 0 Å². The Morgan fingerprint density at radius 3 is 2.00 bits per heavy atom. The Morgan fingerprint density at radius 1 is 0.929 bits per heavy atom. The van der Waals surface area contributed by atoms with Gasteiger partial charge in [0.25, 0.3) is 11.8 Å². The summed E-state index contributed by atoms with van der Waals surface area (Å²) in [5.41, 5.74) is 2.68. The molecule has 2 aromatic rings. The number of halogens is 1. The van der Waals surface area contributed by atoms with Gasteiger partial charge in [-0.1, -0.05) is 48.8 Å². The zero-order chi connectivity index (χ0) is 20.3. The molecular weight excluding hydrogens is 416 g/mol. The summed E-state index contributed by atoms with van der Waals surface area (Å²) in [6.45, 7) is 7.81. The van der Waals surface area contributed by atoms with E-state index in [4.69, 9.17) is 0 Å². The van der Waals surface area contributed by atoms with E-state index < -0.39 is 0 Å². The number of amides is 2. The lowest BCUT2D eigenvalue weighted by atomic mass is 9.86. The van der Waals surface area contributed by atoms with Gasteiger partial charge in [0.1, 0.15) is 0 Å². The van der Waals surface area contributed by atoms with Crippen LogP contribution in [0.5, 0.6) is 0 Å². The van der Waals surface area contributed by atoms with E-state index in [9.17, 15) is 9.59 Å². The normalized spacial score (nSPS) is 15.4. The highest BCUT2D eigenvalue weighted by atomic mass is 79.9. The Kier molecular flexibility index (Phi) is 6.23. The van der Waals surface area contributed by atoms with Crippen molar-refractivity contribution in [2.45, 2.75) is 45.1 Å². The number of likely N-dealkylation sites (tertiary alicyclic amines) is 1. The molecule has 2 amide bonds. The Hall–Kier alpha value is -2.14. The van der Waals surface area contributed by atoms with Crippen molar-refractivity contribution in [3.63, 3.8) is 0 Å². The zero-order valence-electron chi connectivity index (χ0n) is 16.7. The second-order valence-corrected chi connectivity index (χ2v) is 9.29. The number of rotatable bonds is 3. The predicted molar refractivity (Wildman–Crippen MR) is 116 cm³/mol. The molecule has 0 aromatic heterocycles. The van der Waals surface area contributed by atoms with Crippen LogP contribution in [0.1, 0.15) is 59.9 Å². The lowest BCUT2D eigenvalue weighted by molar-refractivity contribution is 0.0698.